The molecular formula is C41H38Cl2SiZr. The zero-order valence-electron chi connectivity index (χ0n) is 26.5. The molecule has 0 fully saturated rings. The number of benzene rings is 5. The summed E-state index contributed by atoms with van der Waals surface area (Å²) in [4.78, 5) is 0. The molecule has 0 unspecified atom stereocenters. The Bertz CT molecular complexity index is 1780. The predicted molar refractivity (Wildman–Crippen MR) is 198 cm³/mol. The van der Waals surface area contributed by atoms with Crippen molar-refractivity contribution in [1.82, 2.24) is 0 Å². The summed E-state index contributed by atoms with van der Waals surface area (Å²) in [6.45, 7) is 10.7. The van der Waals surface area contributed by atoms with Crippen LogP contribution in [0.3, 0.4) is 0 Å². The van der Waals surface area contributed by atoms with E-state index in [1.165, 1.54) is 71.2 Å². The van der Waals surface area contributed by atoms with Gasteiger partial charge in [-0.05, 0) is 25.0 Å². The van der Waals surface area contributed by atoms with Gasteiger partial charge in [0.25, 0.3) is 0 Å². The summed E-state index contributed by atoms with van der Waals surface area (Å²) in [5.41, 5.74) is 10.5. The fourth-order valence-corrected chi connectivity index (χ4v) is 5.87. The van der Waals surface area contributed by atoms with Crippen LogP contribution in [-0.4, -0.2) is 9.52 Å². The maximum atomic E-state index is 4.93. The predicted octanol–water partition coefficient (Wildman–Crippen LogP) is 12.1. The fraction of sp³-hybridized carbons (Fsp3) is 0.122. The number of aryl methyl sites for hydroxylation is 4. The average Bonchev–Trinajstić information content (AvgIpc) is 3.64. The molecule has 0 bridgehead atoms. The zero-order chi connectivity index (χ0) is 32.2. The van der Waals surface area contributed by atoms with E-state index < -0.39 is 20.8 Å². The van der Waals surface area contributed by atoms with Gasteiger partial charge in [-0.25, -0.2) is 0 Å². The van der Waals surface area contributed by atoms with Crippen LogP contribution >= 0.6 is 17.0 Å². The van der Waals surface area contributed by atoms with Gasteiger partial charge in [-0.15, -0.1) is 69.1 Å². The molecule has 7 aromatic rings. The molecule has 2 radical (unpaired) electrons. The van der Waals surface area contributed by atoms with Crippen LogP contribution in [0.15, 0.2) is 140 Å². The first-order chi connectivity index (χ1) is 21.8. The Hall–Kier alpha value is -3.00. The molecule has 224 valence electrons. The Morgan fingerprint density at radius 2 is 0.911 bits per heavy atom. The van der Waals surface area contributed by atoms with Gasteiger partial charge in [0.05, 0.1) is 9.52 Å². The minimum absolute atomic E-state index is 0.826. The van der Waals surface area contributed by atoms with Crippen molar-refractivity contribution in [2.24, 2.45) is 0 Å². The summed E-state index contributed by atoms with van der Waals surface area (Å²) in [6.07, 6.45) is 0. The van der Waals surface area contributed by atoms with E-state index in [1.54, 1.807) is 0 Å². The number of hydrogen-bond donors (Lipinski definition) is 0. The summed E-state index contributed by atoms with van der Waals surface area (Å²) >= 11 is -0.826. The molecule has 45 heavy (non-hydrogen) atoms. The van der Waals surface area contributed by atoms with Crippen LogP contribution in [0.5, 0.6) is 0 Å². The van der Waals surface area contributed by atoms with Gasteiger partial charge in [-0.2, -0.15) is 12.1 Å². The van der Waals surface area contributed by atoms with Gasteiger partial charge in [0.15, 0.2) is 0 Å². The molecule has 0 aliphatic carbocycles. The third-order valence-electron chi connectivity index (χ3n) is 7.58. The summed E-state index contributed by atoms with van der Waals surface area (Å²) in [5.74, 6) is 0. The quantitative estimate of drug-likeness (QED) is 0.126. The zero-order valence-corrected chi connectivity index (χ0v) is 31.5. The molecule has 0 heterocycles. The first-order valence-corrected chi connectivity index (χ1v) is 22.8. The van der Waals surface area contributed by atoms with Crippen LogP contribution < -0.4 is 5.19 Å². The van der Waals surface area contributed by atoms with Crippen LogP contribution in [0.2, 0.25) is 6.55 Å². The first kappa shape index (κ1) is 34.9. The number of halogens is 2. The molecule has 0 aromatic heterocycles. The van der Waals surface area contributed by atoms with Gasteiger partial charge in [-0.3, -0.25) is 0 Å². The van der Waals surface area contributed by atoms with E-state index in [0.717, 1.165) is 9.52 Å². The second kappa shape index (κ2) is 17.6. The molecule has 0 amide bonds. The Balaban J connectivity index is 0.000000156. The van der Waals surface area contributed by atoms with Crippen molar-refractivity contribution in [3.8, 4) is 22.3 Å². The summed E-state index contributed by atoms with van der Waals surface area (Å²) in [6, 6.07) is 50.0. The second-order valence-electron chi connectivity index (χ2n) is 11.1. The van der Waals surface area contributed by atoms with E-state index >= 15 is 0 Å². The molecule has 0 spiro atoms. The molecule has 0 saturated heterocycles. The van der Waals surface area contributed by atoms with Crippen LogP contribution in [0.1, 0.15) is 22.3 Å². The van der Waals surface area contributed by atoms with Crippen LogP contribution in [0.4, 0.5) is 0 Å². The van der Waals surface area contributed by atoms with Crippen molar-refractivity contribution < 1.29 is 20.8 Å². The van der Waals surface area contributed by atoms with Crippen molar-refractivity contribution in [2.45, 2.75) is 34.2 Å². The molecule has 7 rings (SSSR count). The van der Waals surface area contributed by atoms with Crippen LogP contribution in [-0.2, 0) is 20.8 Å². The minimum atomic E-state index is -0.826. The van der Waals surface area contributed by atoms with E-state index in [9.17, 15) is 0 Å². The molecule has 0 saturated carbocycles. The molecule has 0 atom stereocenters. The van der Waals surface area contributed by atoms with Gasteiger partial charge >= 0.3 is 37.9 Å². The van der Waals surface area contributed by atoms with Crippen molar-refractivity contribution in [3.63, 3.8) is 0 Å². The number of fused-ring (bicyclic) bond motifs is 2. The third-order valence-corrected chi connectivity index (χ3v) is 8.49. The molecular weight excluding hydrogens is 683 g/mol. The van der Waals surface area contributed by atoms with Gasteiger partial charge in [0.1, 0.15) is 0 Å². The second-order valence-corrected chi connectivity index (χ2v) is 15.9. The van der Waals surface area contributed by atoms with Crippen molar-refractivity contribution >= 4 is 53.3 Å². The van der Waals surface area contributed by atoms with Crippen molar-refractivity contribution in [2.75, 3.05) is 0 Å². The molecule has 0 aliphatic rings. The van der Waals surface area contributed by atoms with E-state index in [0.29, 0.717) is 0 Å². The van der Waals surface area contributed by atoms with Crippen LogP contribution in [0.25, 0.3) is 43.8 Å². The Morgan fingerprint density at radius 3 is 1.27 bits per heavy atom. The fourth-order valence-electron chi connectivity index (χ4n) is 5.34. The molecule has 0 nitrogen and oxygen atoms in total. The van der Waals surface area contributed by atoms with Crippen molar-refractivity contribution in [3.05, 3.63) is 162 Å². The molecule has 0 N–H and O–H groups in total. The third kappa shape index (κ3) is 9.99. The molecule has 4 heteroatoms. The normalized spacial score (nSPS) is 10.1. The van der Waals surface area contributed by atoms with E-state index in [-0.39, 0.29) is 0 Å². The van der Waals surface area contributed by atoms with Gasteiger partial charge < -0.3 is 0 Å². The Labute approximate surface area is 290 Å². The monoisotopic (exact) mass is 718 g/mol. The van der Waals surface area contributed by atoms with Gasteiger partial charge in [0, 0.05) is 0 Å². The molecule has 0 aliphatic heterocycles. The first-order valence-electron chi connectivity index (χ1n) is 15.0. The Kier molecular flexibility index (Phi) is 13.7. The number of rotatable bonds is 3. The SMILES string of the molecule is C[Si]c1ccccc1.Cc1ccc(-c2cccc3[cH-]c(C)cc23)cc1.Cc1ccc(-c2cccc3[cH-]c(C)cc23)cc1.[Cl][Zr+2][Cl]. The summed E-state index contributed by atoms with van der Waals surface area (Å²) in [7, 11) is 10.8. The van der Waals surface area contributed by atoms with E-state index in [4.69, 9.17) is 17.0 Å². The molecule has 7 aromatic carbocycles. The van der Waals surface area contributed by atoms with Gasteiger partial charge in [-0.1, -0.05) is 139 Å². The number of hydrogen-bond acceptors (Lipinski definition) is 0. The summed E-state index contributed by atoms with van der Waals surface area (Å²) in [5, 5.41) is 6.82. The van der Waals surface area contributed by atoms with Crippen LogP contribution in [0, 0.1) is 27.7 Å². The van der Waals surface area contributed by atoms with E-state index in [2.05, 4.69) is 168 Å². The standard InChI is InChI=1S/2C17H15.C7H8Si.2ClH.Zr/c2*1-12-6-8-14(9-7-12)16-5-3-4-15-10-13(2)11-17(15)16;1-8-7-5-3-2-4-6-7;;;/h2*3-11H,1-2H3;2-6H,1H3;2*1H;/q2*-1;;;;+4/p-2. The topological polar surface area (TPSA) is 0 Å². The van der Waals surface area contributed by atoms with E-state index in [1.807, 2.05) is 6.07 Å². The maximum absolute atomic E-state index is 4.93. The average molecular weight is 721 g/mol. The van der Waals surface area contributed by atoms with Gasteiger partial charge in [0.2, 0.25) is 0 Å². The van der Waals surface area contributed by atoms with Crippen molar-refractivity contribution in [1.29, 1.82) is 0 Å². The summed E-state index contributed by atoms with van der Waals surface area (Å²) < 4.78 is 0. The Morgan fingerprint density at radius 1 is 0.511 bits per heavy atom.